The van der Waals surface area contributed by atoms with Crippen molar-refractivity contribution in [3.05, 3.63) is 59.2 Å². The number of aryl methyl sites for hydroxylation is 1. The van der Waals surface area contributed by atoms with Crippen LogP contribution >= 0.6 is 11.8 Å². The van der Waals surface area contributed by atoms with Gasteiger partial charge in [-0.1, -0.05) is 38.1 Å². The van der Waals surface area contributed by atoms with Crippen LogP contribution in [0.3, 0.4) is 0 Å². The Hall–Kier alpha value is -2.27. The summed E-state index contributed by atoms with van der Waals surface area (Å²) in [5.74, 6) is -0.353. The molecule has 0 radical (unpaired) electrons. The number of carbonyl (C=O) groups is 2. The van der Waals surface area contributed by atoms with Crippen molar-refractivity contribution in [2.24, 2.45) is 0 Å². The van der Waals surface area contributed by atoms with Gasteiger partial charge in [0.1, 0.15) is 0 Å². The average molecular weight is 371 g/mol. The van der Waals surface area contributed by atoms with Crippen molar-refractivity contribution in [1.82, 2.24) is 4.90 Å². The van der Waals surface area contributed by atoms with Crippen LogP contribution in [0.2, 0.25) is 0 Å². The summed E-state index contributed by atoms with van der Waals surface area (Å²) < 4.78 is 0. The largest absolute Gasteiger partial charge is 0.332 e. The number of anilines is 1. The number of thioether (sulfide) groups is 1. The molecule has 1 N–H and O–H groups in total. The first-order valence-corrected chi connectivity index (χ1v) is 9.54. The van der Waals surface area contributed by atoms with Crippen LogP contribution in [0.25, 0.3) is 0 Å². The highest BCUT2D eigenvalue weighted by Crippen LogP contribution is 2.27. The van der Waals surface area contributed by atoms with Gasteiger partial charge in [-0.05, 0) is 43.2 Å². The SMILES string of the molecule is Cc1cccc(NC(=O)CN(C)C(=O)c2ccccc2SC(C)C)c1C. The number of benzene rings is 2. The van der Waals surface area contributed by atoms with Gasteiger partial charge in [0.2, 0.25) is 5.91 Å². The lowest BCUT2D eigenvalue weighted by Gasteiger charge is -2.19. The highest BCUT2D eigenvalue weighted by Gasteiger charge is 2.19. The van der Waals surface area contributed by atoms with Crippen LogP contribution in [-0.4, -0.2) is 35.6 Å². The maximum atomic E-state index is 12.8. The predicted molar refractivity (Wildman–Crippen MR) is 109 cm³/mol. The van der Waals surface area contributed by atoms with E-state index in [2.05, 4.69) is 19.2 Å². The van der Waals surface area contributed by atoms with Gasteiger partial charge in [-0.25, -0.2) is 0 Å². The fraction of sp³-hybridized carbons (Fsp3) is 0.333. The minimum Gasteiger partial charge on any atom is -0.332 e. The van der Waals surface area contributed by atoms with Crippen molar-refractivity contribution in [3.63, 3.8) is 0 Å². The fourth-order valence-corrected chi connectivity index (χ4v) is 3.52. The molecule has 5 heteroatoms. The number of rotatable bonds is 6. The molecular formula is C21H26N2O2S. The van der Waals surface area contributed by atoms with Crippen LogP contribution in [0.5, 0.6) is 0 Å². The lowest BCUT2D eigenvalue weighted by Crippen LogP contribution is -2.35. The van der Waals surface area contributed by atoms with Gasteiger partial charge in [-0.3, -0.25) is 9.59 Å². The van der Waals surface area contributed by atoms with Crippen LogP contribution in [0.15, 0.2) is 47.4 Å². The molecule has 0 spiro atoms. The van der Waals surface area contributed by atoms with E-state index in [4.69, 9.17) is 0 Å². The van der Waals surface area contributed by atoms with Crippen LogP contribution in [0, 0.1) is 13.8 Å². The fourth-order valence-electron chi connectivity index (χ4n) is 2.57. The van der Waals surface area contributed by atoms with E-state index in [-0.39, 0.29) is 18.4 Å². The monoisotopic (exact) mass is 370 g/mol. The molecule has 0 fully saturated rings. The van der Waals surface area contributed by atoms with Gasteiger partial charge in [0.05, 0.1) is 12.1 Å². The van der Waals surface area contributed by atoms with Crippen LogP contribution in [0.4, 0.5) is 5.69 Å². The Labute approximate surface area is 160 Å². The number of hydrogen-bond donors (Lipinski definition) is 1. The van der Waals surface area contributed by atoms with Gasteiger partial charge in [-0.2, -0.15) is 0 Å². The number of likely N-dealkylation sites (N-methyl/N-ethyl adjacent to an activating group) is 1. The summed E-state index contributed by atoms with van der Waals surface area (Å²) in [5, 5.41) is 3.27. The van der Waals surface area contributed by atoms with E-state index < -0.39 is 0 Å². The minimum absolute atomic E-state index is 0.00684. The Morgan fingerprint density at radius 3 is 2.46 bits per heavy atom. The molecule has 0 bridgehead atoms. The maximum Gasteiger partial charge on any atom is 0.255 e. The van der Waals surface area contributed by atoms with Crippen molar-refractivity contribution >= 4 is 29.3 Å². The average Bonchev–Trinajstić information content (AvgIpc) is 2.58. The Morgan fingerprint density at radius 1 is 1.08 bits per heavy atom. The molecule has 2 aromatic rings. The second-order valence-electron chi connectivity index (χ2n) is 6.62. The van der Waals surface area contributed by atoms with Crippen molar-refractivity contribution < 1.29 is 9.59 Å². The molecule has 0 heterocycles. The Balaban J connectivity index is 2.07. The van der Waals surface area contributed by atoms with E-state index in [9.17, 15) is 9.59 Å². The Bertz CT molecular complexity index is 802. The zero-order valence-electron chi connectivity index (χ0n) is 16.0. The second-order valence-corrected chi connectivity index (χ2v) is 8.24. The summed E-state index contributed by atoms with van der Waals surface area (Å²) in [5.41, 5.74) is 3.57. The lowest BCUT2D eigenvalue weighted by atomic mass is 10.1. The van der Waals surface area contributed by atoms with Gasteiger partial charge < -0.3 is 10.2 Å². The lowest BCUT2D eigenvalue weighted by molar-refractivity contribution is -0.116. The normalized spacial score (nSPS) is 10.7. The molecule has 26 heavy (non-hydrogen) atoms. The van der Waals surface area contributed by atoms with Gasteiger partial charge in [-0.15, -0.1) is 11.8 Å². The first kappa shape index (κ1) is 20.0. The molecule has 2 aromatic carbocycles. The van der Waals surface area contributed by atoms with Crippen LogP contribution in [-0.2, 0) is 4.79 Å². The summed E-state index contributed by atoms with van der Waals surface area (Å²) in [6, 6.07) is 13.3. The summed E-state index contributed by atoms with van der Waals surface area (Å²) in [7, 11) is 1.65. The Morgan fingerprint density at radius 2 is 1.77 bits per heavy atom. The van der Waals surface area contributed by atoms with E-state index in [0.717, 1.165) is 21.7 Å². The van der Waals surface area contributed by atoms with Gasteiger partial charge in [0, 0.05) is 22.9 Å². The molecule has 2 amide bonds. The topological polar surface area (TPSA) is 49.4 Å². The molecule has 0 saturated heterocycles. The quantitative estimate of drug-likeness (QED) is 0.761. The molecule has 138 valence electrons. The highest BCUT2D eigenvalue weighted by molar-refractivity contribution is 8.00. The molecular weight excluding hydrogens is 344 g/mol. The van der Waals surface area contributed by atoms with Gasteiger partial charge in [0.25, 0.3) is 5.91 Å². The molecule has 4 nitrogen and oxygen atoms in total. The van der Waals surface area contributed by atoms with Gasteiger partial charge >= 0.3 is 0 Å². The van der Waals surface area contributed by atoms with E-state index in [1.165, 1.54) is 4.90 Å². The third-order valence-corrected chi connectivity index (χ3v) is 5.17. The van der Waals surface area contributed by atoms with Gasteiger partial charge in [0.15, 0.2) is 0 Å². The molecule has 0 aromatic heterocycles. The zero-order valence-corrected chi connectivity index (χ0v) is 16.8. The van der Waals surface area contributed by atoms with E-state index in [1.54, 1.807) is 18.8 Å². The standard InChI is InChI=1S/C21H26N2O2S/c1-14(2)26-19-12-7-6-10-17(19)21(25)23(5)13-20(24)22-18-11-8-9-15(3)16(18)4/h6-12,14H,13H2,1-5H3,(H,22,24). The van der Waals surface area contributed by atoms with Crippen LogP contribution < -0.4 is 5.32 Å². The molecule has 0 aliphatic heterocycles. The summed E-state index contributed by atoms with van der Waals surface area (Å²) in [6.45, 7) is 8.16. The predicted octanol–water partition coefficient (Wildman–Crippen LogP) is 4.51. The van der Waals surface area contributed by atoms with Crippen LogP contribution in [0.1, 0.15) is 35.3 Å². The zero-order chi connectivity index (χ0) is 19.3. The third kappa shape index (κ3) is 5.11. The third-order valence-electron chi connectivity index (χ3n) is 4.09. The molecule has 0 unspecified atom stereocenters. The number of hydrogen-bond acceptors (Lipinski definition) is 3. The van der Waals surface area contributed by atoms with Crippen molar-refractivity contribution in [2.75, 3.05) is 18.9 Å². The summed E-state index contributed by atoms with van der Waals surface area (Å²) in [4.78, 5) is 27.6. The maximum absolute atomic E-state index is 12.8. The number of carbonyl (C=O) groups excluding carboxylic acids is 2. The summed E-state index contributed by atoms with van der Waals surface area (Å²) in [6.07, 6.45) is 0. The van der Waals surface area contributed by atoms with E-state index in [1.807, 2.05) is 56.3 Å². The van der Waals surface area contributed by atoms with E-state index in [0.29, 0.717) is 10.8 Å². The second kappa shape index (κ2) is 8.90. The number of nitrogens with zero attached hydrogens (tertiary/aromatic N) is 1. The van der Waals surface area contributed by atoms with Crippen molar-refractivity contribution in [2.45, 2.75) is 37.8 Å². The molecule has 0 atom stereocenters. The smallest absolute Gasteiger partial charge is 0.255 e. The molecule has 0 saturated carbocycles. The first-order valence-electron chi connectivity index (χ1n) is 8.66. The molecule has 0 aliphatic rings. The first-order chi connectivity index (χ1) is 12.3. The summed E-state index contributed by atoms with van der Waals surface area (Å²) >= 11 is 1.65. The van der Waals surface area contributed by atoms with E-state index >= 15 is 0 Å². The number of amides is 2. The highest BCUT2D eigenvalue weighted by atomic mass is 32.2. The molecule has 2 rings (SSSR count). The number of nitrogens with one attached hydrogen (secondary N) is 1. The minimum atomic E-state index is -0.205. The Kier molecular flexibility index (Phi) is 6.86. The molecule has 0 aliphatic carbocycles. The van der Waals surface area contributed by atoms with Crippen molar-refractivity contribution in [3.8, 4) is 0 Å². The van der Waals surface area contributed by atoms with Crippen molar-refractivity contribution in [1.29, 1.82) is 0 Å².